The summed E-state index contributed by atoms with van der Waals surface area (Å²) >= 11 is 6.22. The van der Waals surface area contributed by atoms with Crippen LogP contribution in [0.15, 0.2) is 60.7 Å². The van der Waals surface area contributed by atoms with Gasteiger partial charge in [-0.2, -0.15) is 0 Å². The minimum absolute atomic E-state index is 0.126. The van der Waals surface area contributed by atoms with Crippen LogP contribution in [0.5, 0.6) is 0 Å². The molecule has 0 unspecified atom stereocenters. The van der Waals surface area contributed by atoms with E-state index in [0.717, 1.165) is 22.9 Å². The molecule has 0 aliphatic rings. The van der Waals surface area contributed by atoms with Gasteiger partial charge >= 0.3 is 0 Å². The van der Waals surface area contributed by atoms with E-state index in [1.54, 1.807) is 0 Å². The lowest BCUT2D eigenvalue weighted by Crippen LogP contribution is -2.12. The predicted molar refractivity (Wildman–Crippen MR) is 102 cm³/mol. The number of amides is 1. The van der Waals surface area contributed by atoms with Crippen LogP contribution >= 0.6 is 11.6 Å². The summed E-state index contributed by atoms with van der Waals surface area (Å²) in [6.07, 6.45) is 1.10. The molecule has 3 aromatic rings. The number of benzene rings is 3. The molecule has 0 saturated carbocycles. The lowest BCUT2D eigenvalue weighted by atomic mass is 9.98. The van der Waals surface area contributed by atoms with E-state index in [0.29, 0.717) is 16.5 Å². The van der Waals surface area contributed by atoms with Crippen molar-refractivity contribution >= 4 is 34.0 Å². The second kappa shape index (κ2) is 7.06. The fraction of sp³-hybridized carbons (Fsp3) is 0.190. The van der Waals surface area contributed by atoms with Crippen molar-refractivity contribution in [3.05, 3.63) is 76.8 Å². The molecule has 0 saturated heterocycles. The second-order valence-corrected chi connectivity index (χ2v) is 6.43. The molecule has 0 bridgehead atoms. The van der Waals surface area contributed by atoms with Crippen LogP contribution in [0.2, 0.25) is 5.02 Å². The number of carbonyl (C=O) groups is 1. The van der Waals surface area contributed by atoms with Crippen molar-refractivity contribution in [2.75, 3.05) is 5.32 Å². The number of hydrogen-bond acceptors (Lipinski definition) is 1. The molecule has 0 fully saturated rings. The number of rotatable bonds is 4. The number of halogens is 1. The van der Waals surface area contributed by atoms with E-state index in [2.05, 4.69) is 31.3 Å². The Morgan fingerprint density at radius 1 is 1.00 bits per heavy atom. The van der Waals surface area contributed by atoms with E-state index in [4.69, 9.17) is 11.6 Å². The van der Waals surface area contributed by atoms with E-state index >= 15 is 0 Å². The summed E-state index contributed by atoms with van der Waals surface area (Å²) in [6.45, 7) is 4.37. The topological polar surface area (TPSA) is 29.1 Å². The zero-order valence-corrected chi connectivity index (χ0v) is 14.6. The van der Waals surface area contributed by atoms with Gasteiger partial charge in [0.1, 0.15) is 0 Å². The summed E-state index contributed by atoms with van der Waals surface area (Å²) in [7, 11) is 0. The Morgan fingerprint density at radius 3 is 2.38 bits per heavy atom. The van der Waals surface area contributed by atoms with Crippen molar-refractivity contribution in [2.45, 2.75) is 26.2 Å². The minimum Gasteiger partial charge on any atom is -0.322 e. The van der Waals surface area contributed by atoms with Crippen molar-refractivity contribution in [1.82, 2.24) is 0 Å². The van der Waals surface area contributed by atoms with Gasteiger partial charge in [-0.1, -0.05) is 61.8 Å². The summed E-state index contributed by atoms with van der Waals surface area (Å²) in [5.74, 6) is 0.397. The van der Waals surface area contributed by atoms with Gasteiger partial charge in [-0.05, 0) is 47.6 Å². The largest absolute Gasteiger partial charge is 0.322 e. The van der Waals surface area contributed by atoms with Gasteiger partial charge in [0, 0.05) is 21.7 Å². The highest BCUT2D eigenvalue weighted by Gasteiger charge is 2.11. The maximum Gasteiger partial charge on any atom is 0.256 e. The van der Waals surface area contributed by atoms with E-state index in [1.165, 1.54) is 5.56 Å². The second-order valence-electron chi connectivity index (χ2n) is 6.03. The molecule has 24 heavy (non-hydrogen) atoms. The molecule has 3 rings (SSSR count). The van der Waals surface area contributed by atoms with Crippen LogP contribution in [0.4, 0.5) is 5.69 Å². The standard InChI is InChI=1S/C21H20ClNO/c1-3-14(2)15-10-12-16(13-11-15)23-21(24)19-8-4-7-18-17(19)6-5-9-20(18)22/h4-14H,3H2,1-2H3,(H,23,24)/t14-/m0/s1. The van der Waals surface area contributed by atoms with E-state index in [-0.39, 0.29) is 5.91 Å². The molecule has 0 aromatic heterocycles. The predicted octanol–water partition coefficient (Wildman–Crippen LogP) is 6.26. The van der Waals surface area contributed by atoms with Crippen LogP contribution in [0.1, 0.15) is 42.1 Å². The van der Waals surface area contributed by atoms with Gasteiger partial charge in [0.2, 0.25) is 0 Å². The summed E-state index contributed by atoms with van der Waals surface area (Å²) in [4.78, 5) is 12.7. The summed E-state index contributed by atoms with van der Waals surface area (Å²) in [6, 6.07) is 19.3. The number of fused-ring (bicyclic) bond motifs is 1. The highest BCUT2D eigenvalue weighted by molar-refractivity contribution is 6.36. The van der Waals surface area contributed by atoms with Gasteiger partial charge in [-0.25, -0.2) is 0 Å². The monoisotopic (exact) mass is 337 g/mol. The van der Waals surface area contributed by atoms with Gasteiger partial charge in [-0.15, -0.1) is 0 Å². The molecule has 1 atom stereocenters. The third-order valence-corrected chi connectivity index (χ3v) is 4.79. The van der Waals surface area contributed by atoms with Gasteiger partial charge in [0.25, 0.3) is 5.91 Å². The number of anilines is 1. The van der Waals surface area contributed by atoms with E-state index in [9.17, 15) is 4.79 Å². The first-order valence-corrected chi connectivity index (χ1v) is 8.56. The summed E-state index contributed by atoms with van der Waals surface area (Å²) < 4.78 is 0. The highest BCUT2D eigenvalue weighted by atomic mass is 35.5. The third-order valence-electron chi connectivity index (χ3n) is 4.46. The fourth-order valence-corrected chi connectivity index (χ4v) is 3.04. The van der Waals surface area contributed by atoms with Crippen LogP contribution in [-0.2, 0) is 0 Å². The van der Waals surface area contributed by atoms with Crippen LogP contribution < -0.4 is 5.32 Å². The first-order chi connectivity index (χ1) is 11.6. The molecule has 3 heteroatoms. The normalized spacial score (nSPS) is 12.1. The van der Waals surface area contributed by atoms with Crippen molar-refractivity contribution < 1.29 is 4.79 Å². The zero-order valence-electron chi connectivity index (χ0n) is 13.8. The lowest BCUT2D eigenvalue weighted by Gasteiger charge is -2.11. The van der Waals surface area contributed by atoms with Crippen molar-refractivity contribution in [2.24, 2.45) is 0 Å². The molecule has 1 amide bonds. The Labute approximate surface area is 147 Å². The average Bonchev–Trinajstić information content (AvgIpc) is 2.61. The summed E-state index contributed by atoms with van der Waals surface area (Å²) in [5, 5.41) is 5.37. The van der Waals surface area contributed by atoms with Crippen LogP contribution in [0.3, 0.4) is 0 Å². The van der Waals surface area contributed by atoms with Crippen molar-refractivity contribution in [3.63, 3.8) is 0 Å². The lowest BCUT2D eigenvalue weighted by molar-refractivity contribution is 0.102. The molecule has 3 aromatic carbocycles. The van der Waals surface area contributed by atoms with Gasteiger partial charge < -0.3 is 5.32 Å². The SMILES string of the molecule is CC[C@H](C)c1ccc(NC(=O)c2cccc3c(Cl)cccc23)cc1. The average molecular weight is 338 g/mol. The molecule has 0 heterocycles. The van der Waals surface area contributed by atoms with E-state index < -0.39 is 0 Å². The number of hydrogen-bond donors (Lipinski definition) is 1. The van der Waals surface area contributed by atoms with E-state index in [1.807, 2.05) is 48.5 Å². The fourth-order valence-electron chi connectivity index (χ4n) is 2.80. The quantitative estimate of drug-likeness (QED) is 0.598. The van der Waals surface area contributed by atoms with Crippen molar-refractivity contribution in [1.29, 1.82) is 0 Å². The van der Waals surface area contributed by atoms with Crippen LogP contribution in [-0.4, -0.2) is 5.91 Å². The Balaban J connectivity index is 1.87. The Kier molecular flexibility index (Phi) is 4.86. The Morgan fingerprint density at radius 2 is 1.67 bits per heavy atom. The molecule has 0 aliphatic carbocycles. The molecule has 0 aliphatic heterocycles. The van der Waals surface area contributed by atoms with Gasteiger partial charge in [0.15, 0.2) is 0 Å². The minimum atomic E-state index is -0.126. The smallest absolute Gasteiger partial charge is 0.256 e. The maximum atomic E-state index is 12.7. The van der Waals surface area contributed by atoms with Gasteiger partial charge in [0.05, 0.1) is 0 Å². The first-order valence-electron chi connectivity index (χ1n) is 8.18. The molecule has 0 spiro atoms. The molecular weight excluding hydrogens is 318 g/mol. The number of nitrogens with one attached hydrogen (secondary N) is 1. The van der Waals surface area contributed by atoms with Crippen LogP contribution in [0, 0.1) is 0 Å². The number of carbonyl (C=O) groups excluding carboxylic acids is 1. The molecule has 0 radical (unpaired) electrons. The molecule has 122 valence electrons. The maximum absolute atomic E-state index is 12.7. The Hall–Kier alpha value is -2.32. The Bertz CT molecular complexity index is 871. The van der Waals surface area contributed by atoms with Crippen molar-refractivity contribution in [3.8, 4) is 0 Å². The molecule has 2 nitrogen and oxygen atoms in total. The molecule has 1 N–H and O–H groups in total. The first kappa shape index (κ1) is 16.5. The van der Waals surface area contributed by atoms with Crippen LogP contribution in [0.25, 0.3) is 10.8 Å². The zero-order chi connectivity index (χ0) is 17.1. The summed E-state index contributed by atoms with van der Waals surface area (Å²) in [5.41, 5.74) is 2.71. The highest BCUT2D eigenvalue weighted by Crippen LogP contribution is 2.27. The third kappa shape index (κ3) is 3.29. The van der Waals surface area contributed by atoms with Gasteiger partial charge in [-0.3, -0.25) is 4.79 Å². The molecular formula is C21H20ClNO.